The normalized spacial score (nSPS) is 13.6. The molecule has 0 spiro atoms. The monoisotopic (exact) mass is 426 g/mol. The zero-order valence-corrected chi connectivity index (χ0v) is 14.3. The van der Waals surface area contributed by atoms with Gasteiger partial charge in [0, 0.05) is 30.6 Å². The van der Waals surface area contributed by atoms with Crippen LogP contribution in [0.15, 0.2) is 39.2 Å². The van der Waals surface area contributed by atoms with Crippen molar-refractivity contribution in [1.82, 2.24) is 16.1 Å². The maximum Gasteiger partial charge on any atom is 0.333 e. The van der Waals surface area contributed by atoms with E-state index in [0.717, 1.165) is 0 Å². The molecule has 0 aliphatic rings. The second-order valence-electron chi connectivity index (χ2n) is 4.08. The number of allylic oxidation sites excluding steroid dienone is 2. The van der Waals surface area contributed by atoms with Crippen LogP contribution in [0, 0.1) is 0 Å². The van der Waals surface area contributed by atoms with Gasteiger partial charge in [0.1, 0.15) is 6.61 Å². The van der Waals surface area contributed by atoms with E-state index in [1.807, 2.05) is 5.43 Å². The van der Waals surface area contributed by atoms with E-state index in [1.54, 1.807) is 22.9 Å². The van der Waals surface area contributed by atoms with E-state index in [-0.39, 0.29) is 18.9 Å². The van der Waals surface area contributed by atoms with E-state index in [0.29, 0.717) is 11.3 Å². The van der Waals surface area contributed by atoms with Gasteiger partial charge in [-0.1, -0.05) is 6.58 Å². The molecule has 0 bridgehead atoms. The highest BCUT2D eigenvalue weighted by Gasteiger charge is 2.06. The standard InChI is InChI=1S/C12H20FIN6O2/c1-8(7-22-11(15)3-4-18-14)5-10(6-17-9(2)13)19-12(21)20-16/h3-4,6,9,17H,1,5,7,15-16H2,2H3,(H2,19,20,21)/b10-6+,11-3?,18-4?. The third-order valence-corrected chi connectivity index (χ3v) is 2.39. The molecule has 0 rings (SSSR count). The number of hydrogen-bond acceptors (Lipinski definition) is 6. The lowest BCUT2D eigenvalue weighted by Crippen LogP contribution is -2.40. The lowest BCUT2D eigenvalue weighted by Gasteiger charge is -2.13. The maximum atomic E-state index is 12.8. The number of hydrazine groups is 1. The summed E-state index contributed by atoms with van der Waals surface area (Å²) < 4.78 is 21.7. The van der Waals surface area contributed by atoms with E-state index >= 15 is 0 Å². The molecule has 0 heterocycles. The smallest absolute Gasteiger partial charge is 0.333 e. The number of carbonyl (C=O) groups excluding carboxylic acids is 1. The first-order valence-corrected chi connectivity index (χ1v) is 7.11. The Hall–Kier alpha value is -1.82. The molecular weight excluding hydrogens is 406 g/mol. The zero-order valence-electron chi connectivity index (χ0n) is 12.1. The molecular formula is C12H20FIN6O2. The molecule has 0 aliphatic heterocycles. The molecule has 0 aromatic carbocycles. The molecule has 2 amide bonds. The number of nitrogens with two attached hydrogens (primary N) is 2. The SMILES string of the molecule is C=C(COC(N)=CC=NI)C/C(=C\NC(C)F)NC(=O)NN. The number of nitrogens with zero attached hydrogens (tertiary/aromatic N) is 1. The minimum absolute atomic E-state index is 0.131. The highest BCUT2D eigenvalue weighted by molar-refractivity contribution is 14.1. The van der Waals surface area contributed by atoms with Crippen LogP contribution >= 0.6 is 22.9 Å². The first-order chi connectivity index (χ1) is 10.4. The van der Waals surface area contributed by atoms with Crippen molar-refractivity contribution in [2.24, 2.45) is 14.8 Å². The van der Waals surface area contributed by atoms with Crippen LogP contribution < -0.4 is 27.6 Å². The summed E-state index contributed by atoms with van der Waals surface area (Å²) in [6, 6.07) is -0.633. The number of hydrogen-bond donors (Lipinski definition) is 5. The van der Waals surface area contributed by atoms with Gasteiger partial charge in [-0.2, -0.15) is 0 Å². The molecule has 8 nitrogen and oxygen atoms in total. The van der Waals surface area contributed by atoms with Crippen molar-refractivity contribution < 1.29 is 13.9 Å². The third-order valence-electron chi connectivity index (χ3n) is 2.07. The van der Waals surface area contributed by atoms with E-state index in [9.17, 15) is 9.18 Å². The summed E-state index contributed by atoms with van der Waals surface area (Å²) in [5.74, 6) is 5.16. The van der Waals surface area contributed by atoms with E-state index in [2.05, 4.69) is 20.4 Å². The number of carbonyl (C=O) groups is 1. The minimum atomic E-state index is -1.27. The summed E-state index contributed by atoms with van der Waals surface area (Å²) in [7, 11) is 0. The first kappa shape index (κ1) is 20.2. The Morgan fingerprint density at radius 1 is 1.59 bits per heavy atom. The van der Waals surface area contributed by atoms with Crippen molar-refractivity contribution in [3.05, 3.63) is 36.0 Å². The van der Waals surface area contributed by atoms with Crippen molar-refractivity contribution in [2.75, 3.05) is 6.61 Å². The van der Waals surface area contributed by atoms with Gasteiger partial charge in [0.15, 0.2) is 12.2 Å². The lowest BCUT2D eigenvalue weighted by molar-refractivity contribution is 0.234. The van der Waals surface area contributed by atoms with Gasteiger partial charge in [0.05, 0.1) is 22.9 Å². The highest BCUT2D eigenvalue weighted by Crippen LogP contribution is 2.08. The largest absolute Gasteiger partial charge is 0.475 e. The molecule has 7 N–H and O–H groups in total. The van der Waals surface area contributed by atoms with Gasteiger partial charge in [-0.3, -0.25) is 5.43 Å². The average molecular weight is 426 g/mol. The summed E-state index contributed by atoms with van der Waals surface area (Å²) in [6.07, 6.45) is 3.26. The van der Waals surface area contributed by atoms with E-state index in [1.165, 1.54) is 25.4 Å². The topological polar surface area (TPSA) is 127 Å². The van der Waals surface area contributed by atoms with Crippen LogP contribution in [-0.2, 0) is 4.74 Å². The van der Waals surface area contributed by atoms with Crippen molar-refractivity contribution >= 4 is 35.1 Å². The second-order valence-corrected chi connectivity index (χ2v) is 4.64. The lowest BCUT2D eigenvalue weighted by atomic mass is 10.2. The Bertz CT molecular complexity index is 465. The van der Waals surface area contributed by atoms with Gasteiger partial charge in [0.25, 0.3) is 0 Å². The maximum absolute atomic E-state index is 12.8. The van der Waals surface area contributed by atoms with Crippen LogP contribution in [0.25, 0.3) is 0 Å². The molecule has 22 heavy (non-hydrogen) atoms. The number of ether oxygens (including phenoxy) is 1. The van der Waals surface area contributed by atoms with Crippen LogP contribution in [0.4, 0.5) is 9.18 Å². The molecule has 0 aromatic heterocycles. The molecule has 1 atom stereocenters. The number of urea groups is 1. The third kappa shape index (κ3) is 10.9. The Balaban J connectivity index is 4.54. The van der Waals surface area contributed by atoms with Crippen molar-refractivity contribution in [3.8, 4) is 0 Å². The Morgan fingerprint density at radius 3 is 2.82 bits per heavy atom. The van der Waals surface area contributed by atoms with Gasteiger partial charge >= 0.3 is 6.03 Å². The van der Waals surface area contributed by atoms with Crippen molar-refractivity contribution in [3.63, 3.8) is 0 Å². The molecule has 0 aromatic rings. The van der Waals surface area contributed by atoms with E-state index < -0.39 is 12.3 Å². The number of rotatable bonds is 9. The molecule has 10 heteroatoms. The fourth-order valence-electron chi connectivity index (χ4n) is 1.18. The molecule has 124 valence electrons. The van der Waals surface area contributed by atoms with Crippen LogP contribution in [0.1, 0.15) is 13.3 Å². The van der Waals surface area contributed by atoms with Crippen LogP contribution in [0.3, 0.4) is 0 Å². The van der Waals surface area contributed by atoms with Crippen LogP contribution in [0.2, 0.25) is 0 Å². The number of halogens is 2. The van der Waals surface area contributed by atoms with Crippen molar-refractivity contribution in [1.29, 1.82) is 0 Å². The number of alkyl halides is 1. The number of nitrogens with one attached hydrogen (secondary N) is 3. The Labute approximate surface area is 142 Å². The summed E-state index contributed by atoms with van der Waals surface area (Å²) in [4.78, 5) is 11.2. The van der Waals surface area contributed by atoms with Gasteiger partial charge < -0.3 is 21.1 Å². The molecule has 0 aliphatic carbocycles. The molecule has 1 unspecified atom stereocenters. The zero-order chi connectivity index (χ0) is 17.0. The molecule has 0 saturated carbocycles. The summed E-state index contributed by atoms with van der Waals surface area (Å²) in [5, 5.41) is 4.87. The average Bonchev–Trinajstić information content (AvgIpc) is 2.48. The van der Waals surface area contributed by atoms with Gasteiger partial charge in [0.2, 0.25) is 0 Å². The van der Waals surface area contributed by atoms with Gasteiger partial charge in [-0.25, -0.2) is 18.2 Å². The van der Waals surface area contributed by atoms with Gasteiger partial charge in [-0.15, -0.1) is 0 Å². The van der Waals surface area contributed by atoms with E-state index in [4.69, 9.17) is 16.3 Å². The predicted molar refractivity (Wildman–Crippen MR) is 92.1 cm³/mol. The van der Waals surface area contributed by atoms with Crippen LogP contribution in [0.5, 0.6) is 0 Å². The first-order valence-electron chi connectivity index (χ1n) is 6.15. The molecule has 0 fully saturated rings. The molecule has 0 radical (unpaired) electrons. The fraction of sp³-hybridized carbons (Fsp3) is 0.333. The fourth-order valence-corrected chi connectivity index (χ4v) is 1.34. The minimum Gasteiger partial charge on any atom is -0.475 e. The summed E-state index contributed by atoms with van der Waals surface area (Å²) >= 11 is 1.80. The highest BCUT2D eigenvalue weighted by atomic mass is 127. The summed E-state index contributed by atoms with van der Waals surface area (Å²) in [5.41, 5.74) is 8.47. The second kappa shape index (κ2) is 11.8. The predicted octanol–water partition coefficient (Wildman–Crippen LogP) is 1.09. The van der Waals surface area contributed by atoms with Crippen LogP contribution in [-0.4, -0.2) is 25.1 Å². The quantitative estimate of drug-likeness (QED) is 0.0552. The van der Waals surface area contributed by atoms with Crippen molar-refractivity contribution in [2.45, 2.75) is 19.6 Å². The summed E-state index contributed by atoms with van der Waals surface area (Å²) in [6.45, 7) is 5.24. The Kier molecular flexibility index (Phi) is 10.8. The van der Waals surface area contributed by atoms with Gasteiger partial charge in [-0.05, 0) is 12.5 Å². The Morgan fingerprint density at radius 2 is 2.27 bits per heavy atom. The number of amides is 2. The molecule has 0 saturated heterocycles.